The van der Waals surface area contributed by atoms with Gasteiger partial charge >= 0.3 is 6.16 Å². The van der Waals surface area contributed by atoms with Crippen molar-refractivity contribution in [1.29, 1.82) is 0 Å². The molecule has 17 heavy (non-hydrogen) atoms. The van der Waals surface area contributed by atoms with Crippen LogP contribution in [0.15, 0.2) is 30.3 Å². The maximum atomic E-state index is 11.1. The lowest BCUT2D eigenvalue weighted by molar-refractivity contribution is 0.101. The number of nitrogens with zero attached hydrogens (tertiary/aromatic N) is 1. The van der Waals surface area contributed by atoms with Crippen LogP contribution in [0.1, 0.15) is 6.92 Å². The van der Waals surface area contributed by atoms with E-state index >= 15 is 0 Å². The Morgan fingerprint density at radius 2 is 2.18 bits per heavy atom. The molecule has 0 spiro atoms. The zero-order valence-electron chi connectivity index (χ0n) is 9.21. The van der Waals surface area contributed by atoms with Gasteiger partial charge in [0.25, 0.3) is 5.88 Å². The van der Waals surface area contributed by atoms with E-state index in [0.717, 1.165) is 5.39 Å². The van der Waals surface area contributed by atoms with Crippen molar-refractivity contribution < 1.29 is 19.4 Å². The van der Waals surface area contributed by atoms with Crippen LogP contribution >= 0.6 is 0 Å². The summed E-state index contributed by atoms with van der Waals surface area (Å²) in [7, 11) is 0. The van der Waals surface area contributed by atoms with Crippen LogP contribution in [0.3, 0.4) is 0 Å². The second-order valence-electron chi connectivity index (χ2n) is 3.29. The van der Waals surface area contributed by atoms with E-state index in [0.29, 0.717) is 5.52 Å². The molecule has 2 aromatic rings. The summed E-state index contributed by atoms with van der Waals surface area (Å²) in [6.45, 7) is 1.86. The Morgan fingerprint density at radius 3 is 2.94 bits per heavy atom. The Hall–Kier alpha value is -2.30. The Labute approximate surface area is 97.6 Å². The highest BCUT2D eigenvalue weighted by Gasteiger charge is 2.12. The minimum atomic E-state index is -0.884. The molecule has 0 saturated heterocycles. The third kappa shape index (κ3) is 2.44. The number of aromatic hydroxyl groups is 1. The van der Waals surface area contributed by atoms with Gasteiger partial charge < -0.3 is 14.6 Å². The number of rotatable bonds is 2. The number of hydrogen-bond acceptors (Lipinski definition) is 5. The lowest BCUT2D eigenvalue weighted by Crippen LogP contribution is -2.11. The van der Waals surface area contributed by atoms with E-state index in [2.05, 4.69) is 9.72 Å². The summed E-state index contributed by atoms with van der Waals surface area (Å²) in [5.74, 6) is -0.348. The Morgan fingerprint density at radius 1 is 1.41 bits per heavy atom. The molecule has 0 bridgehead atoms. The van der Waals surface area contributed by atoms with Gasteiger partial charge in [-0.25, -0.2) is 9.78 Å². The summed E-state index contributed by atoms with van der Waals surface area (Å²) < 4.78 is 9.37. The minimum absolute atomic E-state index is 0.151. The van der Waals surface area contributed by atoms with Gasteiger partial charge in [-0.2, -0.15) is 0 Å². The van der Waals surface area contributed by atoms with Crippen LogP contribution in [-0.2, 0) is 4.74 Å². The monoisotopic (exact) mass is 233 g/mol. The molecule has 0 aliphatic heterocycles. The van der Waals surface area contributed by atoms with E-state index in [1.807, 2.05) is 6.07 Å². The number of fused-ring (bicyclic) bond motifs is 1. The maximum absolute atomic E-state index is 11.1. The van der Waals surface area contributed by atoms with Gasteiger partial charge in [-0.1, -0.05) is 18.2 Å². The zero-order chi connectivity index (χ0) is 12.3. The maximum Gasteiger partial charge on any atom is 0.515 e. The SMILES string of the molecule is CCOC(=O)Oc1nc2ccccc2cc1O. The van der Waals surface area contributed by atoms with Crippen LogP contribution in [0.2, 0.25) is 0 Å². The Kier molecular flexibility index (Phi) is 3.09. The molecule has 0 saturated carbocycles. The summed E-state index contributed by atoms with van der Waals surface area (Å²) in [4.78, 5) is 15.1. The van der Waals surface area contributed by atoms with Crippen molar-refractivity contribution in [2.45, 2.75) is 6.92 Å². The van der Waals surface area contributed by atoms with E-state index in [1.54, 1.807) is 25.1 Å². The molecule has 5 heteroatoms. The molecule has 1 N–H and O–H groups in total. The van der Waals surface area contributed by atoms with Crippen molar-refractivity contribution in [1.82, 2.24) is 4.98 Å². The molecule has 0 aliphatic rings. The standard InChI is InChI=1S/C12H11NO4/c1-2-16-12(15)17-11-10(14)7-8-5-3-4-6-9(8)13-11/h3-7,14H,2H2,1H3. The fourth-order valence-corrected chi connectivity index (χ4v) is 1.39. The average molecular weight is 233 g/mol. The molecule has 0 unspecified atom stereocenters. The molecule has 5 nitrogen and oxygen atoms in total. The number of carbonyl (C=O) groups is 1. The molecule has 0 amide bonds. The quantitative estimate of drug-likeness (QED) is 0.807. The lowest BCUT2D eigenvalue weighted by Gasteiger charge is -2.06. The van der Waals surface area contributed by atoms with Gasteiger partial charge in [0.2, 0.25) is 0 Å². The smallest absolute Gasteiger partial charge is 0.503 e. The van der Waals surface area contributed by atoms with Gasteiger partial charge in [0.05, 0.1) is 12.1 Å². The van der Waals surface area contributed by atoms with Gasteiger partial charge in [0, 0.05) is 5.39 Å². The molecule has 1 aromatic heterocycles. The van der Waals surface area contributed by atoms with Gasteiger partial charge in [-0.3, -0.25) is 0 Å². The summed E-state index contributed by atoms with van der Waals surface area (Å²) >= 11 is 0. The van der Waals surface area contributed by atoms with Crippen molar-refractivity contribution >= 4 is 17.1 Å². The molecular formula is C12H11NO4. The molecule has 88 valence electrons. The van der Waals surface area contributed by atoms with Crippen LogP contribution in [0.25, 0.3) is 10.9 Å². The fourth-order valence-electron chi connectivity index (χ4n) is 1.39. The highest BCUT2D eigenvalue weighted by molar-refractivity contribution is 5.81. The molecule has 1 aromatic carbocycles. The summed E-state index contributed by atoms with van der Waals surface area (Å²) in [5.41, 5.74) is 0.629. The highest BCUT2D eigenvalue weighted by atomic mass is 16.7. The normalized spacial score (nSPS) is 10.2. The first-order chi connectivity index (χ1) is 8.20. The minimum Gasteiger partial charge on any atom is -0.503 e. The van der Waals surface area contributed by atoms with E-state index in [4.69, 9.17) is 4.74 Å². The first-order valence-electron chi connectivity index (χ1n) is 5.14. The van der Waals surface area contributed by atoms with Crippen LogP contribution in [-0.4, -0.2) is 22.9 Å². The van der Waals surface area contributed by atoms with Crippen molar-refractivity contribution in [3.63, 3.8) is 0 Å². The third-order valence-electron chi connectivity index (χ3n) is 2.11. The number of para-hydroxylation sites is 1. The highest BCUT2D eigenvalue weighted by Crippen LogP contribution is 2.27. The largest absolute Gasteiger partial charge is 0.515 e. The van der Waals surface area contributed by atoms with Crippen LogP contribution in [0.5, 0.6) is 11.6 Å². The topological polar surface area (TPSA) is 68.7 Å². The first-order valence-corrected chi connectivity index (χ1v) is 5.14. The molecule has 1 heterocycles. The van der Waals surface area contributed by atoms with Gasteiger partial charge in [0.1, 0.15) is 0 Å². The Balaban J connectivity index is 2.34. The van der Waals surface area contributed by atoms with Gasteiger partial charge in [-0.05, 0) is 19.1 Å². The van der Waals surface area contributed by atoms with E-state index in [9.17, 15) is 9.90 Å². The van der Waals surface area contributed by atoms with Crippen molar-refractivity contribution in [3.05, 3.63) is 30.3 Å². The number of benzene rings is 1. The second kappa shape index (κ2) is 4.69. The molecule has 0 fully saturated rings. The molecule has 2 rings (SSSR count). The van der Waals surface area contributed by atoms with Crippen LogP contribution in [0.4, 0.5) is 4.79 Å². The number of ether oxygens (including phenoxy) is 2. The number of pyridine rings is 1. The summed E-state index contributed by atoms with van der Waals surface area (Å²) in [6, 6.07) is 8.68. The van der Waals surface area contributed by atoms with Crippen LogP contribution < -0.4 is 4.74 Å². The van der Waals surface area contributed by atoms with Crippen molar-refractivity contribution in [2.24, 2.45) is 0 Å². The summed E-state index contributed by atoms with van der Waals surface area (Å²) in [5, 5.41) is 10.4. The van der Waals surface area contributed by atoms with Crippen molar-refractivity contribution in [3.8, 4) is 11.6 Å². The first kappa shape index (κ1) is 11.2. The van der Waals surface area contributed by atoms with Gasteiger partial charge in [-0.15, -0.1) is 0 Å². The predicted octanol–water partition coefficient (Wildman–Crippen LogP) is 2.48. The number of hydrogen-bond donors (Lipinski definition) is 1. The zero-order valence-corrected chi connectivity index (χ0v) is 9.21. The molecule has 0 aliphatic carbocycles. The Bertz CT molecular complexity index is 553. The predicted molar refractivity (Wildman–Crippen MR) is 61.1 cm³/mol. The van der Waals surface area contributed by atoms with E-state index in [1.165, 1.54) is 6.07 Å². The third-order valence-corrected chi connectivity index (χ3v) is 2.11. The van der Waals surface area contributed by atoms with E-state index in [-0.39, 0.29) is 18.2 Å². The summed E-state index contributed by atoms with van der Waals surface area (Å²) in [6.07, 6.45) is -0.884. The second-order valence-corrected chi connectivity index (χ2v) is 3.29. The molecule has 0 radical (unpaired) electrons. The van der Waals surface area contributed by atoms with Crippen LogP contribution in [0, 0.1) is 0 Å². The number of aromatic nitrogens is 1. The lowest BCUT2D eigenvalue weighted by atomic mass is 10.2. The van der Waals surface area contributed by atoms with Crippen molar-refractivity contribution in [2.75, 3.05) is 6.61 Å². The van der Waals surface area contributed by atoms with E-state index < -0.39 is 6.16 Å². The average Bonchev–Trinajstić information content (AvgIpc) is 2.30. The van der Waals surface area contributed by atoms with Gasteiger partial charge in [0.15, 0.2) is 5.75 Å². The molecule has 0 atom stereocenters. The fraction of sp³-hybridized carbons (Fsp3) is 0.167. The molecular weight excluding hydrogens is 222 g/mol. The number of carbonyl (C=O) groups excluding carboxylic acids is 1.